The van der Waals surface area contributed by atoms with Gasteiger partial charge in [0.05, 0.1) is 50.5 Å². The predicted molar refractivity (Wildman–Crippen MR) is 200 cm³/mol. The van der Waals surface area contributed by atoms with E-state index in [0.29, 0.717) is 16.7 Å². The largest absolute Gasteiger partial charge is 0.308 e. The fraction of sp³-hybridized carbons (Fsp3) is 0. The summed E-state index contributed by atoms with van der Waals surface area (Å²) in [5.74, 6) is 0. The minimum Gasteiger partial charge on any atom is -0.308 e. The van der Waals surface area contributed by atoms with Crippen LogP contribution >= 0.6 is 0 Å². The van der Waals surface area contributed by atoms with Crippen LogP contribution in [0.3, 0.4) is 0 Å². The first kappa shape index (κ1) is 28.8. The molecule has 9 aromatic rings. The lowest BCUT2D eigenvalue weighted by molar-refractivity contribution is 1.17. The van der Waals surface area contributed by atoms with Gasteiger partial charge in [-0.25, -0.2) is 0 Å². The van der Waals surface area contributed by atoms with Crippen LogP contribution < -0.4 is 0 Å². The van der Waals surface area contributed by atoms with Crippen LogP contribution in [-0.4, -0.2) is 9.13 Å². The zero-order valence-corrected chi connectivity index (χ0v) is 26.7. The summed E-state index contributed by atoms with van der Waals surface area (Å²) in [5.41, 5.74) is 11.4. The second-order valence-corrected chi connectivity index (χ2v) is 12.3. The molecule has 0 saturated carbocycles. The van der Waals surface area contributed by atoms with Crippen LogP contribution in [0.5, 0.6) is 0 Å². The maximum absolute atomic E-state index is 10.5. The molecule has 5 nitrogen and oxygen atoms in total. The molecule has 0 aliphatic heterocycles. The Kier molecular flexibility index (Phi) is 6.56. The lowest BCUT2D eigenvalue weighted by Crippen LogP contribution is -2.01. The number of rotatable bonds is 4. The molecule has 7 aromatic carbocycles. The molecule has 2 heterocycles. The van der Waals surface area contributed by atoms with E-state index >= 15 is 0 Å². The Bertz CT molecular complexity index is 2900. The fourth-order valence-corrected chi connectivity index (χ4v) is 7.51. The molecule has 0 amide bonds. The molecule has 50 heavy (non-hydrogen) atoms. The van der Waals surface area contributed by atoms with Crippen molar-refractivity contribution in [1.82, 2.24) is 9.13 Å². The Hall–Kier alpha value is -7.39. The van der Waals surface area contributed by atoms with Crippen molar-refractivity contribution in [2.75, 3.05) is 0 Å². The average Bonchev–Trinajstić information content (AvgIpc) is 3.70. The Balaban J connectivity index is 1.24. The van der Waals surface area contributed by atoms with Crippen molar-refractivity contribution in [2.45, 2.75) is 0 Å². The molecule has 0 fully saturated rings. The summed E-state index contributed by atoms with van der Waals surface area (Å²) in [7, 11) is 0. The number of para-hydroxylation sites is 4. The van der Waals surface area contributed by atoms with Gasteiger partial charge in [-0.2, -0.15) is 15.8 Å². The molecular formula is C45H25N5. The first-order chi connectivity index (χ1) is 24.7. The van der Waals surface area contributed by atoms with E-state index in [4.69, 9.17) is 0 Å². The van der Waals surface area contributed by atoms with Gasteiger partial charge in [0.15, 0.2) is 0 Å². The maximum Gasteiger partial charge on any atom is 0.101 e. The Morgan fingerprint density at radius 1 is 0.400 bits per heavy atom. The lowest BCUT2D eigenvalue weighted by Gasteiger charge is -2.18. The highest BCUT2D eigenvalue weighted by Gasteiger charge is 2.21. The fourth-order valence-electron chi connectivity index (χ4n) is 7.51. The maximum atomic E-state index is 10.5. The monoisotopic (exact) mass is 635 g/mol. The van der Waals surface area contributed by atoms with Gasteiger partial charge in [0.25, 0.3) is 0 Å². The molecule has 0 bridgehead atoms. The van der Waals surface area contributed by atoms with Gasteiger partial charge in [0.1, 0.15) is 12.1 Å². The molecule has 0 unspecified atom stereocenters. The highest BCUT2D eigenvalue weighted by atomic mass is 15.0. The number of hydrogen-bond acceptors (Lipinski definition) is 3. The molecule has 0 N–H and O–H groups in total. The smallest absolute Gasteiger partial charge is 0.101 e. The SMILES string of the molecule is N#Cc1ccc2c(c1)c1cccc(C#N)c1n2-c1ccc(-c2ccccc2-c2cccc(C#N)c2-n2c3ccccc3c3ccccc32)cc1. The van der Waals surface area contributed by atoms with Gasteiger partial charge >= 0.3 is 0 Å². The summed E-state index contributed by atoms with van der Waals surface area (Å²) in [6.45, 7) is 0. The van der Waals surface area contributed by atoms with Gasteiger partial charge in [0.2, 0.25) is 0 Å². The zero-order chi connectivity index (χ0) is 33.8. The number of nitrogens with zero attached hydrogens (tertiary/aromatic N) is 5. The molecule has 0 spiro atoms. The minimum atomic E-state index is 0.571. The summed E-state index contributed by atoms with van der Waals surface area (Å²) >= 11 is 0. The molecule has 0 aliphatic rings. The third-order valence-corrected chi connectivity index (χ3v) is 9.65. The third kappa shape index (κ3) is 4.24. The first-order valence-corrected chi connectivity index (χ1v) is 16.3. The van der Waals surface area contributed by atoms with Crippen molar-refractivity contribution in [3.05, 3.63) is 168 Å². The van der Waals surface area contributed by atoms with Gasteiger partial charge in [-0.3, -0.25) is 0 Å². The van der Waals surface area contributed by atoms with E-state index in [-0.39, 0.29) is 0 Å². The van der Waals surface area contributed by atoms with Crippen molar-refractivity contribution >= 4 is 43.6 Å². The molecule has 230 valence electrons. The van der Waals surface area contributed by atoms with Crippen LogP contribution in [0.4, 0.5) is 0 Å². The van der Waals surface area contributed by atoms with Crippen LogP contribution in [-0.2, 0) is 0 Å². The van der Waals surface area contributed by atoms with E-state index in [1.54, 1.807) is 0 Å². The van der Waals surface area contributed by atoms with Crippen LogP contribution in [0, 0.1) is 34.0 Å². The Labute approximate surface area is 287 Å². The minimum absolute atomic E-state index is 0.571. The molecule has 9 rings (SSSR count). The predicted octanol–water partition coefficient (Wildman–Crippen LogP) is 10.8. The van der Waals surface area contributed by atoms with Crippen LogP contribution in [0.25, 0.3) is 77.2 Å². The van der Waals surface area contributed by atoms with Crippen LogP contribution in [0.2, 0.25) is 0 Å². The van der Waals surface area contributed by atoms with Crippen LogP contribution in [0.1, 0.15) is 16.7 Å². The van der Waals surface area contributed by atoms with E-state index in [1.807, 2.05) is 72.8 Å². The van der Waals surface area contributed by atoms with Crippen molar-refractivity contribution < 1.29 is 0 Å². The van der Waals surface area contributed by atoms with E-state index in [0.717, 1.165) is 77.2 Å². The second-order valence-electron chi connectivity index (χ2n) is 12.3. The number of benzene rings is 7. The normalized spacial score (nSPS) is 11.1. The van der Waals surface area contributed by atoms with Crippen LogP contribution in [0.15, 0.2) is 152 Å². The topological polar surface area (TPSA) is 81.2 Å². The zero-order valence-electron chi connectivity index (χ0n) is 26.7. The van der Waals surface area contributed by atoms with E-state index in [2.05, 4.69) is 106 Å². The van der Waals surface area contributed by atoms with E-state index < -0.39 is 0 Å². The second kappa shape index (κ2) is 11.4. The molecule has 0 radical (unpaired) electrons. The van der Waals surface area contributed by atoms with Crippen molar-refractivity contribution in [3.8, 4) is 51.8 Å². The summed E-state index contributed by atoms with van der Waals surface area (Å²) < 4.78 is 4.34. The van der Waals surface area contributed by atoms with E-state index in [1.165, 1.54) is 0 Å². The van der Waals surface area contributed by atoms with Gasteiger partial charge < -0.3 is 9.13 Å². The Morgan fingerprint density at radius 3 is 1.68 bits per heavy atom. The quantitative estimate of drug-likeness (QED) is 0.193. The molecule has 2 aromatic heterocycles. The van der Waals surface area contributed by atoms with Gasteiger partial charge in [-0.05, 0) is 71.3 Å². The van der Waals surface area contributed by atoms with Crippen molar-refractivity contribution in [1.29, 1.82) is 15.8 Å². The van der Waals surface area contributed by atoms with Gasteiger partial charge in [0, 0.05) is 32.8 Å². The molecular weight excluding hydrogens is 611 g/mol. The summed E-state index contributed by atoms with van der Waals surface area (Å²) in [6, 6.07) is 57.8. The van der Waals surface area contributed by atoms with Crippen molar-refractivity contribution in [2.24, 2.45) is 0 Å². The highest BCUT2D eigenvalue weighted by molar-refractivity contribution is 6.12. The highest BCUT2D eigenvalue weighted by Crippen LogP contribution is 2.41. The molecule has 0 aliphatic carbocycles. The number of fused-ring (bicyclic) bond motifs is 6. The van der Waals surface area contributed by atoms with Crippen molar-refractivity contribution in [3.63, 3.8) is 0 Å². The summed E-state index contributed by atoms with van der Waals surface area (Å²) in [5, 5.41) is 34.3. The third-order valence-electron chi connectivity index (χ3n) is 9.65. The van der Waals surface area contributed by atoms with Gasteiger partial charge in [-0.1, -0.05) is 97.1 Å². The standard InChI is InChI=1S/C45H25N5/c46-26-29-19-24-43-40(25-29)39-16-8-9-31(27-47)44(39)49(43)33-22-20-30(21-23-33)34-11-1-2-12-35(34)38-15-7-10-32(28-48)45(38)50-41-17-5-3-13-36(41)37-14-4-6-18-42(37)50/h1-25H. The molecule has 5 heteroatoms. The Morgan fingerprint density at radius 2 is 0.980 bits per heavy atom. The van der Waals surface area contributed by atoms with Gasteiger partial charge in [-0.15, -0.1) is 0 Å². The number of nitriles is 3. The summed E-state index contributed by atoms with van der Waals surface area (Å²) in [6.07, 6.45) is 0. The first-order valence-electron chi connectivity index (χ1n) is 16.3. The number of hydrogen-bond donors (Lipinski definition) is 0. The lowest BCUT2D eigenvalue weighted by atomic mass is 9.92. The molecule has 0 atom stereocenters. The average molecular weight is 636 g/mol. The number of aromatic nitrogens is 2. The molecule has 0 saturated heterocycles. The summed E-state index contributed by atoms with van der Waals surface area (Å²) in [4.78, 5) is 0. The van der Waals surface area contributed by atoms with E-state index in [9.17, 15) is 15.8 Å².